The molecule has 0 N–H and O–H groups in total. The Hall–Kier alpha value is -2.90. The third-order valence-corrected chi connectivity index (χ3v) is 2.87. The van der Waals surface area contributed by atoms with Crippen molar-refractivity contribution in [3.8, 4) is 0 Å². The molecule has 0 spiro atoms. The van der Waals surface area contributed by atoms with Crippen molar-refractivity contribution >= 4 is 23.9 Å². The van der Waals surface area contributed by atoms with Gasteiger partial charge in [-0.2, -0.15) is 0 Å². The zero-order chi connectivity index (χ0) is 18.8. The molecular formula is C17H20O8. The largest absolute Gasteiger partial charge is 0.462 e. The van der Waals surface area contributed by atoms with E-state index in [-0.39, 0.29) is 25.4 Å². The lowest BCUT2D eigenvalue weighted by Gasteiger charge is -2.17. The van der Waals surface area contributed by atoms with Gasteiger partial charge in [0.2, 0.25) is 0 Å². The lowest BCUT2D eigenvalue weighted by Crippen LogP contribution is -2.30. The molecule has 136 valence electrons. The second-order valence-corrected chi connectivity index (χ2v) is 5.07. The molecule has 8 nitrogen and oxygen atoms in total. The van der Waals surface area contributed by atoms with Gasteiger partial charge in [0.15, 0.2) is 6.10 Å². The van der Waals surface area contributed by atoms with Crippen LogP contribution in [0.5, 0.6) is 0 Å². The van der Waals surface area contributed by atoms with E-state index in [0.717, 1.165) is 0 Å². The topological polar surface area (TPSA) is 105 Å². The molecular weight excluding hydrogens is 332 g/mol. The van der Waals surface area contributed by atoms with Crippen LogP contribution in [0.25, 0.3) is 0 Å². The molecule has 25 heavy (non-hydrogen) atoms. The predicted molar refractivity (Wildman–Crippen MR) is 84.4 cm³/mol. The minimum atomic E-state index is -0.911. The van der Waals surface area contributed by atoms with Gasteiger partial charge in [-0.1, -0.05) is 18.2 Å². The Labute approximate surface area is 145 Å². The highest BCUT2D eigenvalue weighted by Gasteiger charge is 2.19. The van der Waals surface area contributed by atoms with E-state index in [1.54, 1.807) is 18.2 Å². The Morgan fingerprint density at radius 3 is 2.04 bits per heavy atom. The summed E-state index contributed by atoms with van der Waals surface area (Å²) in [6, 6.07) is 6.48. The van der Waals surface area contributed by atoms with E-state index in [9.17, 15) is 19.2 Å². The van der Waals surface area contributed by atoms with Crippen molar-refractivity contribution in [2.45, 2.75) is 33.5 Å². The van der Waals surface area contributed by atoms with Crippen molar-refractivity contribution in [1.29, 1.82) is 0 Å². The number of hydrogen-bond acceptors (Lipinski definition) is 8. The Morgan fingerprint density at radius 1 is 0.840 bits per heavy atom. The van der Waals surface area contributed by atoms with Crippen LogP contribution in [0.15, 0.2) is 24.3 Å². The first-order chi connectivity index (χ1) is 11.8. The van der Waals surface area contributed by atoms with Crippen LogP contribution in [0.4, 0.5) is 0 Å². The summed E-state index contributed by atoms with van der Waals surface area (Å²) < 4.78 is 19.7. The fourth-order valence-corrected chi connectivity index (χ4v) is 1.83. The van der Waals surface area contributed by atoms with Gasteiger partial charge in [0.25, 0.3) is 0 Å². The molecule has 0 heterocycles. The summed E-state index contributed by atoms with van der Waals surface area (Å²) in [5, 5.41) is 0. The molecule has 0 saturated carbocycles. The normalized spacial score (nSPS) is 11.2. The fraction of sp³-hybridized carbons (Fsp3) is 0.412. The van der Waals surface area contributed by atoms with Gasteiger partial charge in [0.05, 0.1) is 5.56 Å². The first-order valence-corrected chi connectivity index (χ1v) is 7.48. The maximum Gasteiger partial charge on any atom is 0.338 e. The van der Waals surface area contributed by atoms with Gasteiger partial charge in [0.1, 0.15) is 19.8 Å². The maximum atomic E-state index is 12.2. The van der Waals surface area contributed by atoms with Crippen LogP contribution in [0.3, 0.4) is 0 Å². The van der Waals surface area contributed by atoms with Gasteiger partial charge in [-0.05, 0) is 6.07 Å². The van der Waals surface area contributed by atoms with Crippen molar-refractivity contribution in [3.05, 3.63) is 35.4 Å². The molecule has 1 rings (SSSR count). The van der Waals surface area contributed by atoms with Gasteiger partial charge < -0.3 is 18.9 Å². The highest BCUT2D eigenvalue weighted by Crippen LogP contribution is 2.12. The zero-order valence-corrected chi connectivity index (χ0v) is 14.3. The van der Waals surface area contributed by atoms with Gasteiger partial charge >= 0.3 is 23.9 Å². The molecule has 0 aliphatic rings. The number of benzene rings is 1. The fourth-order valence-electron chi connectivity index (χ4n) is 1.83. The van der Waals surface area contributed by atoms with E-state index in [2.05, 4.69) is 0 Å². The highest BCUT2D eigenvalue weighted by atomic mass is 16.6. The minimum absolute atomic E-state index is 0.0680. The average Bonchev–Trinajstić information content (AvgIpc) is 2.54. The van der Waals surface area contributed by atoms with E-state index in [0.29, 0.717) is 5.56 Å². The van der Waals surface area contributed by atoms with Crippen molar-refractivity contribution < 1.29 is 38.1 Å². The molecule has 1 aromatic rings. The van der Waals surface area contributed by atoms with Crippen LogP contribution >= 0.6 is 0 Å². The molecule has 0 amide bonds. The molecule has 0 radical (unpaired) electrons. The monoisotopic (exact) mass is 352 g/mol. The van der Waals surface area contributed by atoms with Crippen LogP contribution in [-0.2, 0) is 39.9 Å². The predicted octanol–water partition coefficient (Wildman–Crippen LogP) is 1.40. The average molecular weight is 352 g/mol. The molecule has 0 bridgehead atoms. The Balaban J connectivity index is 2.71. The van der Waals surface area contributed by atoms with Crippen molar-refractivity contribution in [1.82, 2.24) is 0 Å². The molecule has 0 saturated heterocycles. The third-order valence-electron chi connectivity index (χ3n) is 2.87. The number of esters is 4. The van der Waals surface area contributed by atoms with E-state index in [1.165, 1.54) is 26.8 Å². The Bertz CT molecular complexity index is 637. The molecule has 1 atom stereocenters. The molecule has 1 aromatic carbocycles. The van der Waals surface area contributed by atoms with Crippen LogP contribution in [-0.4, -0.2) is 43.2 Å². The summed E-state index contributed by atoms with van der Waals surface area (Å²) in [5.74, 6) is -2.29. The van der Waals surface area contributed by atoms with E-state index in [4.69, 9.17) is 18.9 Å². The zero-order valence-electron chi connectivity index (χ0n) is 14.3. The molecule has 0 aliphatic heterocycles. The molecule has 8 heteroatoms. The van der Waals surface area contributed by atoms with Gasteiger partial charge in [0, 0.05) is 26.3 Å². The number of carbonyl (C=O) groups excluding carboxylic acids is 4. The third kappa shape index (κ3) is 7.96. The molecule has 1 unspecified atom stereocenters. The molecule has 0 aromatic heterocycles. The number of carbonyl (C=O) groups is 4. The standard InChI is InChI=1S/C17H20O8/c1-11(18)22-8-14-6-4-5-7-16(14)17(21)24-10-15(25-13(3)20)9-23-12(2)19/h4-7,15H,8-10H2,1-3H3. The summed E-state index contributed by atoms with van der Waals surface area (Å²) in [6.45, 7) is 3.09. The molecule has 0 aliphatic carbocycles. The number of ether oxygens (including phenoxy) is 4. The minimum Gasteiger partial charge on any atom is -0.462 e. The maximum absolute atomic E-state index is 12.2. The smallest absolute Gasteiger partial charge is 0.338 e. The quantitative estimate of drug-likeness (QED) is 0.511. The number of hydrogen-bond donors (Lipinski definition) is 0. The lowest BCUT2D eigenvalue weighted by atomic mass is 10.1. The lowest BCUT2D eigenvalue weighted by molar-refractivity contribution is -0.158. The van der Waals surface area contributed by atoms with E-state index in [1.807, 2.05) is 0 Å². The summed E-state index contributed by atoms with van der Waals surface area (Å²) in [4.78, 5) is 45.1. The van der Waals surface area contributed by atoms with Crippen LogP contribution in [0.1, 0.15) is 36.7 Å². The summed E-state index contributed by atoms with van der Waals surface area (Å²) in [7, 11) is 0. The molecule has 0 fully saturated rings. The van der Waals surface area contributed by atoms with Gasteiger partial charge in [-0.3, -0.25) is 14.4 Å². The second-order valence-electron chi connectivity index (χ2n) is 5.07. The number of rotatable bonds is 8. The summed E-state index contributed by atoms with van der Waals surface area (Å²) in [5.41, 5.74) is 0.699. The van der Waals surface area contributed by atoms with Crippen LogP contribution < -0.4 is 0 Å². The van der Waals surface area contributed by atoms with Crippen LogP contribution in [0.2, 0.25) is 0 Å². The van der Waals surface area contributed by atoms with Gasteiger partial charge in [-0.25, -0.2) is 4.79 Å². The van der Waals surface area contributed by atoms with Crippen LogP contribution in [0, 0.1) is 0 Å². The highest BCUT2D eigenvalue weighted by molar-refractivity contribution is 5.91. The Morgan fingerprint density at radius 2 is 1.44 bits per heavy atom. The van der Waals surface area contributed by atoms with Crippen molar-refractivity contribution in [2.24, 2.45) is 0 Å². The second kappa shape index (κ2) is 10.1. The summed E-state index contributed by atoms with van der Waals surface area (Å²) in [6.07, 6.45) is -0.911. The van der Waals surface area contributed by atoms with Crippen molar-refractivity contribution in [2.75, 3.05) is 13.2 Å². The van der Waals surface area contributed by atoms with Crippen molar-refractivity contribution in [3.63, 3.8) is 0 Å². The summed E-state index contributed by atoms with van der Waals surface area (Å²) >= 11 is 0. The Kier molecular flexibility index (Phi) is 8.11. The van der Waals surface area contributed by atoms with Gasteiger partial charge in [-0.15, -0.1) is 0 Å². The van der Waals surface area contributed by atoms with E-state index < -0.39 is 30.0 Å². The SMILES string of the molecule is CC(=O)OCc1ccccc1C(=O)OCC(COC(C)=O)OC(C)=O. The first kappa shape index (κ1) is 20.1. The first-order valence-electron chi connectivity index (χ1n) is 7.48. The van der Waals surface area contributed by atoms with E-state index >= 15 is 0 Å².